The van der Waals surface area contributed by atoms with Crippen LogP contribution in [-0.2, 0) is 11.2 Å². The van der Waals surface area contributed by atoms with Crippen molar-refractivity contribution in [2.45, 2.75) is 31.7 Å². The first kappa shape index (κ1) is 12.6. The van der Waals surface area contributed by atoms with Gasteiger partial charge >= 0.3 is 0 Å². The van der Waals surface area contributed by atoms with E-state index in [2.05, 4.69) is 36.6 Å². The standard InChI is InChI=1S/C15H23NO/c1-16-15-13(7-5-11-17-2)10-9-12-6-3-4-8-14(12)15/h3-4,6,8,13,15-16H,5,7,9-11H2,1-2H3. The number of hydrogen-bond acceptors (Lipinski definition) is 2. The van der Waals surface area contributed by atoms with Gasteiger partial charge in [-0.05, 0) is 49.8 Å². The number of benzene rings is 1. The molecule has 1 aromatic rings. The molecule has 2 rings (SSSR count). The molecule has 1 aliphatic rings. The molecular formula is C15H23NO. The Hall–Kier alpha value is -0.860. The van der Waals surface area contributed by atoms with Gasteiger partial charge in [-0.25, -0.2) is 0 Å². The second-order valence-corrected chi connectivity index (χ2v) is 4.90. The van der Waals surface area contributed by atoms with Gasteiger partial charge in [-0.3, -0.25) is 0 Å². The SMILES string of the molecule is CNC1c2ccccc2CCC1CCCOC. The summed E-state index contributed by atoms with van der Waals surface area (Å²) >= 11 is 0. The van der Waals surface area contributed by atoms with Crippen LogP contribution >= 0.6 is 0 Å². The predicted molar refractivity (Wildman–Crippen MR) is 71.2 cm³/mol. The van der Waals surface area contributed by atoms with E-state index in [-0.39, 0.29) is 0 Å². The third-order valence-electron chi connectivity index (χ3n) is 3.88. The average molecular weight is 233 g/mol. The molecule has 0 amide bonds. The molecule has 0 heterocycles. The van der Waals surface area contributed by atoms with Crippen LogP contribution in [0.5, 0.6) is 0 Å². The maximum atomic E-state index is 5.15. The van der Waals surface area contributed by atoms with E-state index < -0.39 is 0 Å². The molecule has 94 valence electrons. The second kappa shape index (κ2) is 6.18. The van der Waals surface area contributed by atoms with Crippen molar-refractivity contribution in [1.29, 1.82) is 0 Å². The van der Waals surface area contributed by atoms with Crippen molar-refractivity contribution in [2.24, 2.45) is 5.92 Å². The lowest BCUT2D eigenvalue weighted by Gasteiger charge is -2.33. The Morgan fingerprint density at radius 1 is 1.35 bits per heavy atom. The van der Waals surface area contributed by atoms with Crippen molar-refractivity contribution in [3.8, 4) is 0 Å². The van der Waals surface area contributed by atoms with Crippen LogP contribution in [0.3, 0.4) is 0 Å². The Morgan fingerprint density at radius 2 is 2.18 bits per heavy atom. The summed E-state index contributed by atoms with van der Waals surface area (Å²) in [6.45, 7) is 0.884. The van der Waals surface area contributed by atoms with Gasteiger partial charge in [0.05, 0.1) is 0 Å². The van der Waals surface area contributed by atoms with Crippen LogP contribution in [-0.4, -0.2) is 20.8 Å². The summed E-state index contributed by atoms with van der Waals surface area (Å²) in [7, 11) is 3.86. The summed E-state index contributed by atoms with van der Waals surface area (Å²) < 4.78 is 5.15. The minimum atomic E-state index is 0.525. The molecule has 2 heteroatoms. The van der Waals surface area contributed by atoms with E-state index in [9.17, 15) is 0 Å². The van der Waals surface area contributed by atoms with E-state index >= 15 is 0 Å². The van der Waals surface area contributed by atoms with Crippen molar-refractivity contribution < 1.29 is 4.74 Å². The number of aryl methyl sites for hydroxylation is 1. The topological polar surface area (TPSA) is 21.3 Å². The molecule has 1 aromatic carbocycles. The van der Waals surface area contributed by atoms with Crippen molar-refractivity contribution in [2.75, 3.05) is 20.8 Å². The summed E-state index contributed by atoms with van der Waals surface area (Å²) in [6, 6.07) is 9.37. The molecule has 0 aliphatic heterocycles. The molecule has 2 atom stereocenters. The Bertz CT molecular complexity index is 351. The van der Waals surface area contributed by atoms with Gasteiger partial charge in [-0.2, -0.15) is 0 Å². The van der Waals surface area contributed by atoms with Gasteiger partial charge < -0.3 is 10.1 Å². The fourth-order valence-electron chi connectivity index (χ4n) is 3.02. The highest BCUT2D eigenvalue weighted by Gasteiger charge is 2.27. The number of nitrogens with one attached hydrogen (secondary N) is 1. The Kier molecular flexibility index (Phi) is 4.57. The first-order valence-corrected chi connectivity index (χ1v) is 6.61. The van der Waals surface area contributed by atoms with Crippen LogP contribution in [0.2, 0.25) is 0 Å². The van der Waals surface area contributed by atoms with E-state index in [1.54, 1.807) is 7.11 Å². The number of fused-ring (bicyclic) bond motifs is 1. The van der Waals surface area contributed by atoms with E-state index in [0.717, 1.165) is 12.5 Å². The fraction of sp³-hybridized carbons (Fsp3) is 0.600. The zero-order valence-corrected chi connectivity index (χ0v) is 10.9. The van der Waals surface area contributed by atoms with Crippen LogP contribution in [0.15, 0.2) is 24.3 Å². The molecule has 0 spiro atoms. The van der Waals surface area contributed by atoms with E-state index in [4.69, 9.17) is 4.74 Å². The lowest BCUT2D eigenvalue weighted by Crippen LogP contribution is -2.30. The Morgan fingerprint density at radius 3 is 2.94 bits per heavy atom. The first-order chi connectivity index (χ1) is 8.36. The maximum absolute atomic E-state index is 5.15. The summed E-state index contributed by atoms with van der Waals surface area (Å²) in [6.07, 6.45) is 4.95. The van der Waals surface area contributed by atoms with E-state index in [1.807, 2.05) is 0 Å². The molecule has 0 radical (unpaired) electrons. The normalized spacial score (nSPS) is 23.4. The van der Waals surface area contributed by atoms with Gasteiger partial charge in [-0.15, -0.1) is 0 Å². The summed E-state index contributed by atoms with van der Waals surface area (Å²) in [4.78, 5) is 0. The highest BCUT2D eigenvalue weighted by atomic mass is 16.5. The molecule has 1 aliphatic carbocycles. The zero-order chi connectivity index (χ0) is 12.1. The first-order valence-electron chi connectivity index (χ1n) is 6.61. The van der Waals surface area contributed by atoms with Gasteiger partial charge in [-0.1, -0.05) is 24.3 Å². The van der Waals surface area contributed by atoms with Gasteiger partial charge in [0, 0.05) is 19.8 Å². The Balaban J connectivity index is 2.06. The summed E-state index contributed by atoms with van der Waals surface area (Å²) in [5.41, 5.74) is 3.03. The average Bonchev–Trinajstić information content (AvgIpc) is 2.38. The molecule has 0 saturated heterocycles. The van der Waals surface area contributed by atoms with Crippen LogP contribution in [0.1, 0.15) is 36.4 Å². The number of rotatable bonds is 5. The van der Waals surface area contributed by atoms with Gasteiger partial charge in [0.15, 0.2) is 0 Å². The largest absolute Gasteiger partial charge is 0.385 e. The minimum Gasteiger partial charge on any atom is -0.385 e. The summed E-state index contributed by atoms with van der Waals surface area (Å²) in [5.74, 6) is 0.755. The number of hydrogen-bond donors (Lipinski definition) is 1. The fourth-order valence-corrected chi connectivity index (χ4v) is 3.02. The van der Waals surface area contributed by atoms with Crippen LogP contribution < -0.4 is 5.32 Å². The summed E-state index contributed by atoms with van der Waals surface area (Å²) in [5, 5.41) is 3.50. The maximum Gasteiger partial charge on any atom is 0.0462 e. The van der Waals surface area contributed by atoms with E-state index in [1.165, 1.54) is 36.8 Å². The van der Waals surface area contributed by atoms with Crippen molar-refractivity contribution in [1.82, 2.24) is 5.32 Å². The number of ether oxygens (including phenoxy) is 1. The highest BCUT2D eigenvalue weighted by Crippen LogP contribution is 2.36. The molecular weight excluding hydrogens is 210 g/mol. The van der Waals surface area contributed by atoms with Crippen molar-refractivity contribution in [3.05, 3.63) is 35.4 Å². The molecule has 0 saturated carbocycles. The Labute approximate surface area is 104 Å². The third kappa shape index (κ3) is 2.88. The molecule has 0 fully saturated rings. The molecule has 2 unspecified atom stereocenters. The molecule has 1 N–H and O–H groups in total. The number of methoxy groups -OCH3 is 1. The third-order valence-corrected chi connectivity index (χ3v) is 3.88. The van der Waals surface area contributed by atoms with Crippen molar-refractivity contribution >= 4 is 0 Å². The van der Waals surface area contributed by atoms with Gasteiger partial charge in [0.25, 0.3) is 0 Å². The molecule has 0 aromatic heterocycles. The molecule has 0 bridgehead atoms. The van der Waals surface area contributed by atoms with Crippen LogP contribution in [0.4, 0.5) is 0 Å². The van der Waals surface area contributed by atoms with Crippen molar-refractivity contribution in [3.63, 3.8) is 0 Å². The van der Waals surface area contributed by atoms with Crippen LogP contribution in [0.25, 0.3) is 0 Å². The van der Waals surface area contributed by atoms with E-state index in [0.29, 0.717) is 6.04 Å². The van der Waals surface area contributed by atoms with Crippen LogP contribution in [0, 0.1) is 5.92 Å². The monoisotopic (exact) mass is 233 g/mol. The molecule has 2 nitrogen and oxygen atoms in total. The predicted octanol–water partition coefficient (Wildman–Crippen LogP) is 2.94. The molecule has 17 heavy (non-hydrogen) atoms. The van der Waals surface area contributed by atoms with Gasteiger partial charge in [0.2, 0.25) is 0 Å². The lowest BCUT2D eigenvalue weighted by molar-refractivity contribution is 0.179. The second-order valence-electron chi connectivity index (χ2n) is 4.90. The van der Waals surface area contributed by atoms with Gasteiger partial charge in [0.1, 0.15) is 0 Å². The highest BCUT2D eigenvalue weighted by molar-refractivity contribution is 5.32. The minimum absolute atomic E-state index is 0.525. The smallest absolute Gasteiger partial charge is 0.0462 e. The quantitative estimate of drug-likeness (QED) is 0.790. The lowest BCUT2D eigenvalue weighted by atomic mass is 9.78. The zero-order valence-electron chi connectivity index (χ0n) is 10.9.